The number of carbonyl (C=O) groups is 2. The van der Waals surface area contributed by atoms with Crippen molar-refractivity contribution < 1.29 is 19.8 Å². The fraction of sp³-hybridized carbons (Fsp3) is 0.261. The van der Waals surface area contributed by atoms with Crippen LogP contribution in [0.4, 0.5) is 21.3 Å². The summed E-state index contributed by atoms with van der Waals surface area (Å²) < 4.78 is 0.800. The predicted octanol–water partition coefficient (Wildman–Crippen LogP) is 3.21. The van der Waals surface area contributed by atoms with Gasteiger partial charge in [-0.1, -0.05) is 22.9 Å². The van der Waals surface area contributed by atoms with Gasteiger partial charge in [-0.25, -0.2) is 9.78 Å². The molecule has 2 aromatic carbocycles. The van der Waals surface area contributed by atoms with E-state index in [2.05, 4.69) is 15.6 Å². The van der Waals surface area contributed by atoms with E-state index in [1.807, 2.05) is 18.2 Å². The number of urea groups is 1. The fourth-order valence-electron chi connectivity index (χ4n) is 3.71. The van der Waals surface area contributed by atoms with Gasteiger partial charge in [-0.3, -0.25) is 15.0 Å². The van der Waals surface area contributed by atoms with E-state index >= 15 is 0 Å². The second-order valence-corrected chi connectivity index (χ2v) is 10.2. The van der Waals surface area contributed by atoms with Gasteiger partial charge in [0.05, 0.1) is 39.2 Å². The Morgan fingerprint density at radius 3 is 2.69 bits per heavy atom. The summed E-state index contributed by atoms with van der Waals surface area (Å²) in [5.41, 5.74) is 0.971. The number of hydrogen-bond acceptors (Lipinski definition) is 8. The molecule has 2 heterocycles. The molecule has 1 aliphatic heterocycles. The highest BCUT2D eigenvalue weighted by atomic mass is 35.5. The van der Waals surface area contributed by atoms with Crippen LogP contribution < -0.4 is 20.4 Å². The molecular formula is C23H21ClN6O4S2. The zero-order valence-electron chi connectivity index (χ0n) is 19.1. The first-order valence-corrected chi connectivity index (χ1v) is 12.3. The van der Waals surface area contributed by atoms with Gasteiger partial charge < -0.3 is 20.4 Å². The Labute approximate surface area is 220 Å². The maximum Gasteiger partial charge on any atom is 0.321 e. The number of nitriles is 1. The Morgan fingerprint density at radius 1 is 1.31 bits per heavy atom. The van der Waals surface area contributed by atoms with E-state index in [0.717, 1.165) is 4.70 Å². The van der Waals surface area contributed by atoms with Crippen LogP contribution in [0.25, 0.3) is 10.2 Å². The molecule has 3 aromatic rings. The van der Waals surface area contributed by atoms with Crippen molar-refractivity contribution in [2.24, 2.45) is 0 Å². The summed E-state index contributed by atoms with van der Waals surface area (Å²) >= 11 is 13.2. The minimum atomic E-state index is -1.05. The first kappa shape index (κ1) is 25.7. The molecule has 0 saturated carbocycles. The lowest BCUT2D eigenvalue weighted by atomic mass is 10.0. The van der Waals surface area contributed by atoms with Crippen molar-refractivity contribution in [3.63, 3.8) is 0 Å². The first-order chi connectivity index (χ1) is 17.1. The number of hydrogen-bond donors (Lipinski definition) is 4. The van der Waals surface area contributed by atoms with Gasteiger partial charge in [0, 0.05) is 12.2 Å². The third-order valence-corrected chi connectivity index (χ3v) is 7.19. The molecule has 36 heavy (non-hydrogen) atoms. The Hall–Kier alpha value is -3.34. The first-order valence-electron chi connectivity index (χ1n) is 10.7. The molecule has 10 nitrogen and oxygen atoms in total. The van der Waals surface area contributed by atoms with Gasteiger partial charge in [-0.2, -0.15) is 5.26 Å². The third-order valence-electron chi connectivity index (χ3n) is 5.56. The fourth-order valence-corrected chi connectivity index (χ4v) is 5.29. The lowest BCUT2D eigenvalue weighted by Gasteiger charge is -2.29. The molecule has 1 aromatic heterocycles. The molecule has 1 atom stereocenters. The summed E-state index contributed by atoms with van der Waals surface area (Å²) in [5, 5.41) is 33.2. The Kier molecular flexibility index (Phi) is 7.12. The Morgan fingerprint density at radius 2 is 2.03 bits per heavy atom. The van der Waals surface area contributed by atoms with Crippen molar-refractivity contribution in [3.05, 3.63) is 47.0 Å². The standard InChI is InChI=1S/C23H21ClN6O4S2/c1-23(2)19(33)29(13-4-3-12(9-25)16(24)7-13)22(35)30(23)14-5-6-18-17(8-14)27-21(36-18)28-20(34)26-10-15(32)11-31/h3-8,15,31-32H,10-11H2,1-2H3,(H2,26,27,28,34). The largest absolute Gasteiger partial charge is 0.394 e. The topological polar surface area (TPSA) is 142 Å². The highest BCUT2D eigenvalue weighted by Crippen LogP contribution is 2.39. The molecular weight excluding hydrogens is 524 g/mol. The van der Waals surface area contributed by atoms with Crippen LogP contribution in [0.15, 0.2) is 36.4 Å². The number of amides is 3. The van der Waals surface area contributed by atoms with Gasteiger partial charge in [0.25, 0.3) is 5.91 Å². The number of aliphatic hydroxyl groups is 2. The van der Waals surface area contributed by atoms with Crippen molar-refractivity contribution in [2.75, 3.05) is 28.3 Å². The van der Waals surface area contributed by atoms with Gasteiger partial charge in [-0.15, -0.1) is 0 Å². The maximum atomic E-state index is 13.4. The van der Waals surface area contributed by atoms with Gasteiger partial charge in [0.2, 0.25) is 0 Å². The molecule has 0 radical (unpaired) electrons. The summed E-state index contributed by atoms with van der Waals surface area (Å²) in [5.74, 6) is -0.254. The number of thiocarbonyl (C=S) groups is 1. The van der Waals surface area contributed by atoms with E-state index in [0.29, 0.717) is 27.6 Å². The molecule has 0 spiro atoms. The average molecular weight is 545 g/mol. The monoisotopic (exact) mass is 544 g/mol. The zero-order valence-corrected chi connectivity index (χ0v) is 21.5. The van der Waals surface area contributed by atoms with E-state index in [-0.39, 0.29) is 22.6 Å². The van der Waals surface area contributed by atoms with E-state index in [1.165, 1.54) is 22.3 Å². The molecule has 0 bridgehead atoms. The highest BCUT2D eigenvalue weighted by Gasteiger charge is 2.50. The lowest BCUT2D eigenvalue weighted by molar-refractivity contribution is -0.120. The number of aromatic nitrogens is 1. The number of halogens is 1. The minimum Gasteiger partial charge on any atom is -0.394 e. The SMILES string of the molecule is CC1(C)C(=O)N(c2ccc(C#N)c(Cl)c2)C(=S)N1c1ccc2sc(NC(=O)NCC(O)CO)nc2c1. The van der Waals surface area contributed by atoms with Crippen molar-refractivity contribution in [1.29, 1.82) is 5.26 Å². The molecule has 4 N–H and O–H groups in total. The van der Waals surface area contributed by atoms with E-state index in [4.69, 9.17) is 34.2 Å². The van der Waals surface area contributed by atoms with Crippen LogP contribution in [0.2, 0.25) is 5.02 Å². The molecule has 1 aliphatic rings. The van der Waals surface area contributed by atoms with E-state index in [1.54, 1.807) is 36.9 Å². The number of carbonyl (C=O) groups excluding carboxylic acids is 2. The van der Waals surface area contributed by atoms with Crippen molar-refractivity contribution >= 4 is 78.9 Å². The van der Waals surface area contributed by atoms with E-state index in [9.17, 15) is 14.7 Å². The summed E-state index contributed by atoms with van der Waals surface area (Å²) in [6.07, 6.45) is -1.05. The quantitative estimate of drug-likeness (QED) is 0.347. The molecule has 1 fully saturated rings. The molecule has 0 aliphatic carbocycles. The van der Waals surface area contributed by atoms with Gasteiger partial charge in [-0.05, 0) is 62.5 Å². The molecule has 4 rings (SSSR count). The van der Waals surface area contributed by atoms with Crippen LogP contribution in [0.1, 0.15) is 19.4 Å². The maximum absolute atomic E-state index is 13.4. The van der Waals surface area contributed by atoms with Crippen LogP contribution in [-0.2, 0) is 4.79 Å². The number of nitrogens with one attached hydrogen (secondary N) is 2. The van der Waals surface area contributed by atoms with Crippen LogP contribution in [0.3, 0.4) is 0 Å². The van der Waals surface area contributed by atoms with Crippen LogP contribution >= 0.6 is 35.2 Å². The summed E-state index contributed by atoms with van der Waals surface area (Å²) in [4.78, 5) is 33.0. The second-order valence-electron chi connectivity index (χ2n) is 8.44. The summed E-state index contributed by atoms with van der Waals surface area (Å²) in [7, 11) is 0. The molecule has 186 valence electrons. The van der Waals surface area contributed by atoms with Gasteiger partial charge >= 0.3 is 6.03 Å². The van der Waals surface area contributed by atoms with Gasteiger partial charge in [0.15, 0.2) is 10.2 Å². The van der Waals surface area contributed by atoms with Gasteiger partial charge in [0.1, 0.15) is 11.6 Å². The lowest BCUT2D eigenvalue weighted by Crippen LogP contribution is -2.44. The molecule has 1 saturated heterocycles. The van der Waals surface area contributed by atoms with Crippen molar-refractivity contribution in [3.8, 4) is 6.07 Å². The molecule has 3 amide bonds. The molecule has 13 heteroatoms. The Bertz CT molecular complexity index is 1420. The Balaban J connectivity index is 1.61. The number of fused-ring (bicyclic) bond motifs is 1. The average Bonchev–Trinajstić information content (AvgIpc) is 3.31. The second kappa shape index (κ2) is 9.96. The number of nitrogens with zero attached hydrogens (tertiary/aromatic N) is 4. The normalized spacial score (nSPS) is 15.8. The smallest absolute Gasteiger partial charge is 0.321 e. The number of thiazole rings is 1. The zero-order chi connectivity index (χ0) is 26.2. The minimum absolute atomic E-state index is 0.103. The third kappa shape index (κ3) is 4.71. The molecule has 1 unspecified atom stereocenters. The summed E-state index contributed by atoms with van der Waals surface area (Å²) in [6.45, 7) is 2.96. The number of aliphatic hydroxyl groups excluding tert-OH is 2. The summed E-state index contributed by atoms with van der Waals surface area (Å²) in [6, 6.07) is 11.6. The van der Waals surface area contributed by atoms with E-state index < -0.39 is 24.3 Å². The van der Waals surface area contributed by atoms with Crippen molar-refractivity contribution in [1.82, 2.24) is 10.3 Å². The predicted molar refractivity (Wildman–Crippen MR) is 143 cm³/mol. The highest BCUT2D eigenvalue weighted by molar-refractivity contribution is 7.81. The van der Waals surface area contributed by atoms with Crippen LogP contribution in [0, 0.1) is 11.3 Å². The number of benzene rings is 2. The number of rotatable bonds is 6. The van der Waals surface area contributed by atoms with Crippen molar-refractivity contribution in [2.45, 2.75) is 25.5 Å². The van der Waals surface area contributed by atoms with Crippen LogP contribution in [0.5, 0.6) is 0 Å². The van der Waals surface area contributed by atoms with Crippen LogP contribution in [-0.4, -0.2) is 57.0 Å². The number of anilines is 3.